The monoisotopic (exact) mass is 510 g/mol. The summed E-state index contributed by atoms with van der Waals surface area (Å²) in [6.45, 7) is 0. The number of non-ortho nitro benzene ring substituents is 1. The Morgan fingerprint density at radius 1 is 0.838 bits per heavy atom. The number of ether oxygens (including phenoxy) is 1. The van der Waals surface area contributed by atoms with Crippen molar-refractivity contribution in [1.29, 1.82) is 0 Å². The summed E-state index contributed by atoms with van der Waals surface area (Å²) in [5.74, 6) is 0.976. The first-order valence-electron chi connectivity index (χ1n) is 11.2. The average Bonchev–Trinajstić information content (AvgIpc) is 3.37. The Bertz CT molecular complexity index is 1550. The molecule has 0 aliphatic heterocycles. The molecule has 5 rings (SSSR count). The van der Waals surface area contributed by atoms with E-state index in [1.807, 2.05) is 42.5 Å². The summed E-state index contributed by atoms with van der Waals surface area (Å²) >= 11 is 6.05. The zero-order valence-electron chi connectivity index (χ0n) is 19.2. The number of hydrogen-bond donors (Lipinski definition) is 1. The van der Waals surface area contributed by atoms with Gasteiger partial charge in [0, 0.05) is 40.2 Å². The Morgan fingerprint density at radius 3 is 2.08 bits per heavy atom. The Morgan fingerprint density at radius 2 is 1.46 bits per heavy atom. The van der Waals surface area contributed by atoms with Crippen LogP contribution in [-0.2, 0) is 0 Å². The van der Waals surface area contributed by atoms with Gasteiger partial charge in [0.25, 0.3) is 5.69 Å². The smallest absolute Gasteiger partial charge is 0.346 e. The van der Waals surface area contributed by atoms with Gasteiger partial charge in [0.15, 0.2) is 0 Å². The van der Waals surface area contributed by atoms with Crippen LogP contribution in [0.3, 0.4) is 0 Å². The molecule has 9 heteroatoms. The highest BCUT2D eigenvalue weighted by Crippen LogP contribution is 2.32. The molecule has 0 fully saturated rings. The maximum Gasteiger partial charge on any atom is 0.346 e. The fourth-order valence-electron chi connectivity index (χ4n) is 3.69. The third-order valence-corrected chi connectivity index (χ3v) is 5.77. The number of hydrogen-bond acceptors (Lipinski definition) is 5. The molecule has 0 aliphatic carbocycles. The number of nitro benzene ring substituents is 1. The number of rotatable bonds is 6. The third-order valence-electron chi connectivity index (χ3n) is 5.51. The fourth-order valence-corrected chi connectivity index (χ4v) is 3.81. The fraction of sp³-hybridized carbons (Fsp3) is 0. The molecule has 8 nitrogen and oxygen atoms in total. The normalized spacial score (nSPS) is 10.6. The number of aromatic nitrogens is 2. The quantitative estimate of drug-likeness (QED) is 0.187. The van der Waals surface area contributed by atoms with Crippen LogP contribution in [0.4, 0.5) is 16.2 Å². The van der Waals surface area contributed by atoms with Gasteiger partial charge in [-0.15, -0.1) is 0 Å². The number of nitrogens with zero attached hydrogens (tertiary/aromatic N) is 3. The molecule has 5 aromatic rings. The summed E-state index contributed by atoms with van der Waals surface area (Å²) in [6, 6.07) is 29.1. The first-order chi connectivity index (χ1) is 18.0. The number of amides is 1. The minimum absolute atomic E-state index is 0.0151. The van der Waals surface area contributed by atoms with Crippen molar-refractivity contribution < 1.29 is 14.5 Å². The van der Waals surface area contributed by atoms with Crippen molar-refractivity contribution in [1.82, 2.24) is 9.78 Å². The molecule has 0 unspecified atom stereocenters. The largest absolute Gasteiger partial charge is 0.457 e. The molecule has 0 aliphatic rings. The molecule has 0 spiro atoms. The molecule has 1 aromatic heterocycles. The number of halogens is 1. The maximum absolute atomic E-state index is 13.0. The van der Waals surface area contributed by atoms with E-state index in [9.17, 15) is 14.9 Å². The number of nitro groups is 1. The maximum atomic E-state index is 13.0. The lowest BCUT2D eigenvalue weighted by Gasteiger charge is -2.08. The summed E-state index contributed by atoms with van der Waals surface area (Å²) in [5.41, 5.74) is 3.76. The molecular formula is C28H19ClN4O4. The van der Waals surface area contributed by atoms with E-state index >= 15 is 0 Å². The second-order valence-corrected chi connectivity index (χ2v) is 8.45. The van der Waals surface area contributed by atoms with Crippen LogP contribution < -0.4 is 10.1 Å². The molecule has 0 saturated heterocycles. The third kappa shape index (κ3) is 5.50. The Balaban J connectivity index is 1.34. The molecule has 1 heterocycles. The molecule has 0 bridgehead atoms. The number of anilines is 1. The molecule has 0 saturated carbocycles. The Kier molecular flexibility index (Phi) is 6.65. The van der Waals surface area contributed by atoms with Crippen LogP contribution in [0.5, 0.6) is 11.5 Å². The highest BCUT2D eigenvalue weighted by Gasteiger charge is 2.17. The second-order valence-electron chi connectivity index (χ2n) is 8.02. The van der Waals surface area contributed by atoms with E-state index in [0.717, 1.165) is 16.7 Å². The lowest BCUT2D eigenvalue weighted by molar-refractivity contribution is -0.384. The van der Waals surface area contributed by atoms with Crippen molar-refractivity contribution in [2.75, 3.05) is 5.32 Å². The van der Waals surface area contributed by atoms with Gasteiger partial charge < -0.3 is 10.1 Å². The van der Waals surface area contributed by atoms with Gasteiger partial charge in [-0.2, -0.15) is 9.78 Å². The van der Waals surface area contributed by atoms with E-state index in [1.165, 1.54) is 28.9 Å². The van der Waals surface area contributed by atoms with Gasteiger partial charge in [0.2, 0.25) is 0 Å². The van der Waals surface area contributed by atoms with Crippen LogP contribution >= 0.6 is 11.6 Å². The summed E-state index contributed by atoms with van der Waals surface area (Å²) in [7, 11) is 0. The van der Waals surface area contributed by atoms with Crippen molar-refractivity contribution in [3.63, 3.8) is 0 Å². The molecule has 0 radical (unpaired) electrons. The lowest BCUT2D eigenvalue weighted by Crippen LogP contribution is -2.19. The van der Waals surface area contributed by atoms with E-state index in [1.54, 1.807) is 42.6 Å². The zero-order chi connectivity index (χ0) is 25.8. The first-order valence-corrected chi connectivity index (χ1v) is 11.6. The van der Waals surface area contributed by atoms with E-state index in [-0.39, 0.29) is 5.69 Å². The Hall–Kier alpha value is -4.95. The highest BCUT2D eigenvalue weighted by molar-refractivity contribution is 6.30. The lowest BCUT2D eigenvalue weighted by atomic mass is 10.0. The van der Waals surface area contributed by atoms with E-state index < -0.39 is 11.0 Å². The Labute approximate surface area is 216 Å². The van der Waals surface area contributed by atoms with Gasteiger partial charge in [-0.3, -0.25) is 10.1 Å². The number of benzene rings is 4. The van der Waals surface area contributed by atoms with Gasteiger partial charge in [0.1, 0.15) is 17.2 Å². The van der Waals surface area contributed by atoms with Crippen LogP contribution in [0.2, 0.25) is 5.02 Å². The van der Waals surface area contributed by atoms with Crippen LogP contribution in [0.1, 0.15) is 0 Å². The molecular weight excluding hydrogens is 492 g/mol. The predicted octanol–water partition coefficient (Wildman–Crippen LogP) is 7.65. The first kappa shape index (κ1) is 23.8. The SMILES string of the molecule is O=C(Nc1ccc(Oc2ccc([N+](=O)[O-])cc2)cc1)n1cc(-c2ccccc2)c(-c2ccc(Cl)cc2)n1. The molecule has 182 valence electrons. The average molecular weight is 511 g/mol. The number of nitrogens with one attached hydrogen (secondary N) is 1. The van der Waals surface area contributed by atoms with Crippen LogP contribution in [0, 0.1) is 10.1 Å². The molecule has 1 amide bonds. The topological polar surface area (TPSA) is 99.3 Å². The van der Waals surface area contributed by atoms with Crippen LogP contribution in [-0.4, -0.2) is 20.7 Å². The van der Waals surface area contributed by atoms with Gasteiger partial charge in [-0.05, 0) is 54.1 Å². The van der Waals surface area contributed by atoms with Crippen molar-refractivity contribution in [2.24, 2.45) is 0 Å². The van der Waals surface area contributed by atoms with Crippen molar-refractivity contribution in [2.45, 2.75) is 0 Å². The van der Waals surface area contributed by atoms with Gasteiger partial charge in [0.05, 0.1) is 4.92 Å². The van der Waals surface area contributed by atoms with Gasteiger partial charge in [-0.25, -0.2) is 4.79 Å². The van der Waals surface area contributed by atoms with Crippen molar-refractivity contribution >= 4 is 29.0 Å². The second kappa shape index (κ2) is 10.3. The predicted molar refractivity (Wildman–Crippen MR) is 142 cm³/mol. The summed E-state index contributed by atoms with van der Waals surface area (Å²) < 4.78 is 6.99. The summed E-state index contributed by atoms with van der Waals surface area (Å²) in [6.07, 6.45) is 1.70. The standard InChI is InChI=1S/C28H19ClN4O4/c29-21-8-6-20(7-9-21)27-26(19-4-2-1-3-5-19)18-32(31-27)28(34)30-22-10-14-24(15-11-22)37-25-16-12-23(13-17-25)33(35)36/h1-18H,(H,30,34). The zero-order valence-corrected chi connectivity index (χ0v) is 20.0. The molecule has 37 heavy (non-hydrogen) atoms. The van der Waals surface area contributed by atoms with Gasteiger partial charge >= 0.3 is 6.03 Å². The van der Waals surface area contributed by atoms with E-state index in [4.69, 9.17) is 16.3 Å². The van der Waals surface area contributed by atoms with Gasteiger partial charge in [-0.1, -0.05) is 54.1 Å². The highest BCUT2D eigenvalue weighted by atomic mass is 35.5. The van der Waals surface area contributed by atoms with E-state index in [2.05, 4.69) is 10.4 Å². The molecule has 0 atom stereocenters. The minimum Gasteiger partial charge on any atom is -0.457 e. The van der Waals surface area contributed by atoms with Crippen molar-refractivity contribution in [3.8, 4) is 33.9 Å². The summed E-state index contributed by atoms with van der Waals surface area (Å²) in [4.78, 5) is 23.4. The number of carbonyl (C=O) groups excluding carboxylic acids is 1. The van der Waals surface area contributed by atoms with E-state index in [0.29, 0.717) is 27.9 Å². The number of carbonyl (C=O) groups is 1. The van der Waals surface area contributed by atoms with Crippen molar-refractivity contribution in [3.05, 3.63) is 124 Å². The summed E-state index contributed by atoms with van der Waals surface area (Å²) in [5, 5.41) is 18.8. The molecule has 4 aromatic carbocycles. The van der Waals surface area contributed by atoms with Crippen LogP contribution in [0.15, 0.2) is 109 Å². The van der Waals surface area contributed by atoms with Crippen LogP contribution in [0.25, 0.3) is 22.4 Å². The minimum atomic E-state index is -0.470. The molecule has 1 N–H and O–H groups in total.